The molecule has 0 spiro atoms. The fourth-order valence-corrected chi connectivity index (χ4v) is 2.43. The summed E-state index contributed by atoms with van der Waals surface area (Å²) in [4.78, 5) is 11.1. The first-order valence-electron chi connectivity index (χ1n) is 3.56. The monoisotopic (exact) mass is 190 g/mol. The van der Waals surface area contributed by atoms with E-state index in [-0.39, 0.29) is 11.0 Å². The van der Waals surface area contributed by atoms with Crippen LogP contribution >= 0.6 is 24.0 Å². The minimum Gasteiger partial charge on any atom is -0.486 e. The van der Waals surface area contributed by atoms with Crippen molar-refractivity contribution >= 4 is 34.8 Å². The van der Waals surface area contributed by atoms with Gasteiger partial charge in [-0.25, -0.2) is 0 Å². The molecule has 0 bridgehead atoms. The fourth-order valence-electron chi connectivity index (χ4n) is 0.919. The van der Waals surface area contributed by atoms with Gasteiger partial charge in [-0.2, -0.15) is 0 Å². The molecule has 0 aliphatic carbocycles. The molecule has 4 heteroatoms. The Labute approximate surface area is 75.7 Å². The number of rotatable bonds is 2. The maximum Gasteiger partial charge on any atom is 0.180 e. The Morgan fingerprint density at radius 2 is 2.64 bits per heavy atom. The quantitative estimate of drug-likeness (QED) is 0.615. The number of ether oxygens (including phenoxy) is 1. The van der Waals surface area contributed by atoms with Gasteiger partial charge in [0, 0.05) is 12.2 Å². The zero-order valence-corrected chi connectivity index (χ0v) is 7.96. The number of carbonyl (C=O) groups excluding carboxylic acids is 1. The maximum absolute atomic E-state index is 11.1. The molecule has 0 amide bonds. The van der Waals surface area contributed by atoms with Crippen LogP contribution in [-0.4, -0.2) is 28.4 Å². The molecule has 0 radical (unpaired) electrons. The van der Waals surface area contributed by atoms with E-state index in [1.54, 1.807) is 11.8 Å². The van der Waals surface area contributed by atoms with E-state index < -0.39 is 0 Å². The van der Waals surface area contributed by atoms with Crippen LogP contribution < -0.4 is 0 Å². The van der Waals surface area contributed by atoms with E-state index >= 15 is 0 Å². The van der Waals surface area contributed by atoms with Crippen LogP contribution in [-0.2, 0) is 9.53 Å². The van der Waals surface area contributed by atoms with Gasteiger partial charge in [0.1, 0.15) is 5.25 Å². The first-order valence-corrected chi connectivity index (χ1v) is 5.02. The summed E-state index contributed by atoms with van der Waals surface area (Å²) in [6.07, 6.45) is 0.641. The average Bonchev–Trinajstić information content (AvgIpc) is 2.36. The fraction of sp³-hybridized carbons (Fsp3) is 0.714. The van der Waals surface area contributed by atoms with Gasteiger partial charge >= 0.3 is 0 Å². The van der Waals surface area contributed by atoms with Gasteiger partial charge in [-0.15, -0.1) is 11.8 Å². The first-order chi connectivity index (χ1) is 5.25. The molecular weight excluding hydrogens is 180 g/mol. The van der Waals surface area contributed by atoms with Crippen LogP contribution in [0.1, 0.15) is 13.3 Å². The highest BCUT2D eigenvalue weighted by atomic mass is 32.2. The molecule has 1 atom stereocenters. The third kappa shape index (κ3) is 2.17. The molecule has 0 aromatic rings. The minimum absolute atomic E-state index is 0.162. The van der Waals surface area contributed by atoms with Gasteiger partial charge in [0.25, 0.3) is 0 Å². The Bertz CT molecular complexity index is 179. The van der Waals surface area contributed by atoms with Crippen LogP contribution in [0.3, 0.4) is 0 Å². The molecule has 1 fully saturated rings. The predicted molar refractivity (Wildman–Crippen MR) is 50.1 cm³/mol. The van der Waals surface area contributed by atoms with E-state index in [4.69, 9.17) is 17.0 Å². The topological polar surface area (TPSA) is 26.3 Å². The zero-order chi connectivity index (χ0) is 8.27. The summed E-state index contributed by atoms with van der Waals surface area (Å²) in [5.41, 5.74) is 0. The number of hydrogen-bond acceptors (Lipinski definition) is 4. The molecule has 0 saturated carbocycles. The van der Waals surface area contributed by atoms with Gasteiger partial charge in [0.05, 0.1) is 6.61 Å². The summed E-state index contributed by atoms with van der Waals surface area (Å²) in [6, 6.07) is 0. The zero-order valence-electron chi connectivity index (χ0n) is 6.33. The molecule has 0 aromatic carbocycles. The van der Waals surface area contributed by atoms with E-state index in [1.807, 2.05) is 6.92 Å². The summed E-state index contributed by atoms with van der Waals surface area (Å²) in [7, 11) is 0. The largest absolute Gasteiger partial charge is 0.486 e. The van der Waals surface area contributed by atoms with Crippen LogP contribution in [0, 0.1) is 0 Å². The summed E-state index contributed by atoms with van der Waals surface area (Å²) in [5.74, 6) is 1.10. The summed E-state index contributed by atoms with van der Waals surface area (Å²) in [5, 5.41) is 0.296. The first kappa shape index (κ1) is 9.00. The number of ketones is 1. The van der Waals surface area contributed by atoms with E-state index in [2.05, 4.69) is 0 Å². The summed E-state index contributed by atoms with van der Waals surface area (Å²) >= 11 is 6.51. The third-order valence-corrected chi connectivity index (χ3v) is 3.18. The summed E-state index contributed by atoms with van der Waals surface area (Å²) in [6.45, 7) is 2.43. The van der Waals surface area contributed by atoms with Gasteiger partial charge in [-0.1, -0.05) is 0 Å². The highest BCUT2D eigenvalue weighted by Crippen LogP contribution is 2.24. The van der Waals surface area contributed by atoms with Crippen LogP contribution in [0.2, 0.25) is 0 Å². The van der Waals surface area contributed by atoms with E-state index in [9.17, 15) is 4.79 Å². The molecule has 0 aromatic heterocycles. The van der Waals surface area contributed by atoms with Crippen molar-refractivity contribution < 1.29 is 9.53 Å². The van der Waals surface area contributed by atoms with Gasteiger partial charge < -0.3 is 4.74 Å². The lowest BCUT2D eigenvalue weighted by Crippen LogP contribution is -2.22. The van der Waals surface area contributed by atoms with Crippen LogP contribution in [0.25, 0.3) is 0 Å². The van der Waals surface area contributed by atoms with Gasteiger partial charge in [-0.3, -0.25) is 4.79 Å². The smallest absolute Gasteiger partial charge is 0.180 e. The number of Topliss-reactive ketones (excluding diaryl/α,β-unsaturated/α-hetero) is 1. The van der Waals surface area contributed by atoms with Crippen molar-refractivity contribution in [1.29, 1.82) is 0 Å². The molecule has 1 aliphatic rings. The number of thiocarbonyl (C=S) groups is 1. The van der Waals surface area contributed by atoms with Gasteiger partial charge in [-0.05, 0) is 19.1 Å². The minimum atomic E-state index is -0.162. The molecule has 1 unspecified atom stereocenters. The lowest BCUT2D eigenvalue weighted by Gasteiger charge is -2.08. The van der Waals surface area contributed by atoms with Crippen LogP contribution in [0.5, 0.6) is 0 Å². The molecule has 11 heavy (non-hydrogen) atoms. The summed E-state index contributed by atoms with van der Waals surface area (Å²) < 4.78 is 5.09. The molecule has 1 heterocycles. The molecule has 1 aliphatic heterocycles. The van der Waals surface area contributed by atoms with E-state index in [0.29, 0.717) is 18.1 Å². The second-order valence-electron chi connectivity index (χ2n) is 2.22. The standard InChI is InChI=1S/C7H10O2S2/c1-2-9-7(10)6-5(8)3-4-11-6/h6H,2-4H2,1H3. The highest BCUT2D eigenvalue weighted by Gasteiger charge is 2.29. The predicted octanol–water partition coefficient (Wildman–Crippen LogP) is 1.42. The lowest BCUT2D eigenvalue weighted by atomic mass is 10.2. The Morgan fingerprint density at radius 1 is 1.91 bits per heavy atom. The molecule has 1 rings (SSSR count). The van der Waals surface area contributed by atoms with Gasteiger partial charge in [0.2, 0.25) is 0 Å². The number of carbonyl (C=O) groups is 1. The highest BCUT2D eigenvalue weighted by molar-refractivity contribution is 8.03. The Hall–Kier alpha value is -0.0900. The van der Waals surface area contributed by atoms with E-state index in [1.165, 1.54) is 0 Å². The van der Waals surface area contributed by atoms with Crippen molar-refractivity contribution in [1.82, 2.24) is 0 Å². The normalized spacial score (nSPS) is 23.7. The van der Waals surface area contributed by atoms with Crippen molar-refractivity contribution in [3.63, 3.8) is 0 Å². The lowest BCUT2D eigenvalue weighted by molar-refractivity contribution is -0.116. The molecule has 62 valence electrons. The van der Waals surface area contributed by atoms with Crippen molar-refractivity contribution in [3.8, 4) is 0 Å². The Morgan fingerprint density at radius 3 is 3.09 bits per heavy atom. The SMILES string of the molecule is CCOC(=S)C1SCCC1=O. The van der Waals surface area contributed by atoms with Gasteiger partial charge in [0.15, 0.2) is 10.8 Å². The number of hydrogen-bond donors (Lipinski definition) is 0. The molecular formula is C7H10O2S2. The second-order valence-corrected chi connectivity index (χ2v) is 3.83. The third-order valence-electron chi connectivity index (χ3n) is 1.43. The number of thioether (sulfide) groups is 1. The maximum atomic E-state index is 11.1. The van der Waals surface area contributed by atoms with Crippen molar-refractivity contribution in [2.45, 2.75) is 18.6 Å². The van der Waals surface area contributed by atoms with E-state index in [0.717, 1.165) is 5.75 Å². The Balaban J connectivity index is 2.46. The molecule has 2 nitrogen and oxygen atoms in total. The van der Waals surface area contributed by atoms with Crippen molar-refractivity contribution in [2.75, 3.05) is 12.4 Å². The average molecular weight is 190 g/mol. The van der Waals surface area contributed by atoms with Crippen molar-refractivity contribution in [2.24, 2.45) is 0 Å². The molecule has 1 saturated heterocycles. The van der Waals surface area contributed by atoms with Crippen molar-refractivity contribution in [3.05, 3.63) is 0 Å². The van der Waals surface area contributed by atoms with Crippen LogP contribution in [0.15, 0.2) is 0 Å². The Kier molecular flexibility index (Phi) is 3.33. The van der Waals surface area contributed by atoms with Crippen LogP contribution in [0.4, 0.5) is 0 Å². The second kappa shape index (κ2) is 4.07. The molecule has 0 N–H and O–H groups in total.